The highest BCUT2D eigenvalue weighted by Crippen LogP contribution is 2.56. The van der Waals surface area contributed by atoms with Crippen molar-refractivity contribution in [3.05, 3.63) is 199 Å². The first kappa shape index (κ1) is 31.1. The lowest BCUT2D eigenvalue weighted by atomic mass is 9.82. The van der Waals surface area contributed by atoms with Crippen LogP contribution in [0.5, 0.6) is 0 Å². The standard InChI is InChI=1S/C51H37NO/c1-51(2)42-28-13-11-25-41(42)49-43(51)29-17-31-45(49)52(46-32-16-27-40-38-23-12-14-33-47(38)53-50(40)46)44-30-15-26-37(35-20-7-4-8-21-35)48(44)39-24-10-9-22-36(39)34-18-5-3-6-19-34/h3-33H,1-2H3. The van der Waals surface area contributed by atoms with E-state index in [9.17, 15) is 0 Å². The quantitative estimate of drug-likeness (QED) is 0.174. The minimum Gasteiger partial charge on any atom is -0.454 e. The molecule has 1 heterocycles. The Kier molecular flexibility index (Phi) is 7.19. The predicted octanol–water partition coefficient (Wildman–Crippen LogP) is 14.4. The van der Waals surface area contributed by atoms with Gasteiger partial charge in [0.15, 0.2) is 5.58 Å². The number of hydrogen-bond acceptors (Lipinski definition) is 2. The zero-order valence-corrected chi connectivity index (χ0v) is 29.8. The smallest absolute Gasteiger partial charge is 0.159 e. The molecule has 0 fully saturated rings. The van der Waals surface area contributed by atoms with Gasteiger partial charge in [-0.2, -0.15) is 0 Å². The van der Waals surface area contributed by atoms with Crippen molar-refractivity contribution in [2.45, 2.75) is 19.3 Å². The molecule has 252 valence electrons. The Morgan fingerprint density at radius 3 is 1.66 bits per heavy atom. The summed E-state index contributed by atoms with van der Waals surface area (Å²) in [5, 5.41) is 2.21. The normalized spacial score (nSPS) is 12.9. The lowest BCUT2D eigenvalue weighted by molar-refractivity contribution is 0.660. The molecule has 0 atom stereocenters. The first-order chi connectivity index (χ1) is 26.1. The van der Waals surface area contributed by atoms with Crippen molar-refractivity contribution < 1.29 is 4.42 Å². The van der Waals surface area contributed by atoms with Gasteiger partial charge in [0, 0.05) is 27.3 Å². The van der Waals surface area contributed by atoms with E-state index >= 15 is 0 Å². The number of para-hydroxylation sites is 2. The third-order valence-corrected chi connectivity index (χ3v) is 11.1. The fraction of sp³-hybridized carbons (Fsp3) is 0.0588. The molecule has 0 aliphatic heterocycles. The van der Waals surface area contributed by atoms with Gasteiger partial charge in [-0.1, -0.05) is 178 Å². The Labute approximate surface area is 310 Å². The molecule has 0 saturated heterocycles. The SMILES string of the molecule is CC1(C)c2ccccc2-c2c(N(c3cccc(-c4ccccc4)c3-c3ccccc3-c3ccccc3)c3cccc4c3oc3ccccc34)cccc21. The van der Waals surface area contributed by atoms with Crippen molar-refractivity contribution >= 4 is 39.0 Å². The van der Waals surface area contributed by atoms with E-state index in [1.165, 1.54) is 50.1 Å². The molecule has 2 heteroatoms. The zero-order valence-electron chi connectivity index (χ0n) is 29.8. The second-order valence-corrected chi connectivity index (χ2v) is 14.4. The van der Waals surface area contributed by atoms with E-state index in [4.69, 9.17) is 4.42 Å². The monoisotopic (exact) mass is 679 g/mol. The molecule has 1 aliphatic rings. The topological polar surface area (TPSA) is 16.4 Å². The third-order valence-electron chi connectivity index (χ3n) is 11.1. The van der Waals surface area contributed by atoms with Crippen LogP contribution in [0.3, 0.4) is 0 Å². The fourth-order valence-corrected chi connectivity index (χ4v) is 8.66. The molecule has 1 aliphatic carbocycles. The molecule has 0 spiro atoms. The molecule has 0 N–H and O–H groups in total. The summed E-state index contributed by atoms with van der Waals surface area (Å²) >= 11 is 0. The van der Waals surface area contributed by atoms with Crippen LogP contribution in [-0.4, -0.2) is 0 Å². The maximum absolute atomic E-state index is 6.85. The summed E-state index contributed by atoms with van der Waals surface area (Å²) in [5.41, 5.74) is 17.0. The highest BCUT2D eigenvalue weighted by atomic mass is 16.3. The van der Waals surface area contributed by atoms with Crippen molar-refractivity contribution in [1.29, 1.82) is 0 Å². The number of rotatable bonds is 6. The average molecular weight is 680 g/mol. The summed E-state index contributed by atoms with van der Waals surface area (Å²) in [6.07, 6.45) is 0. The second kappa shape index (κ2) is 12.3. The van der Waals surface area contributed by atoms with E-state index in [0.29, 0.717) is 0 Å². The van der Waals surface area contributed by atoms with Crippen molar-refractivity contribution in [2.75, 3.05) is 4.90 Å². The van der Waals surface area contributed by atoms with E-state index in [2.05, 4.69) is 201 Å². The van der Waals surface area contributed by atoms with Crippen molar-refractivity contribution in [1.82, 2.24) is 0 Å². The van der Waals surface area contributed by atoms with Gasteiger partial charge >= 0.3 is 0 Å². The zero-order chi connectivity index (χ0) is 35.5. The molecule has 1 aromatic heterocycles. The van der Waals surface area contributed by atoms with Crippen LogP contribution in [0.2, 0.25) is 0 Å². The Balaban J connectivity index is 1.36. The molecule has 0 bridgehead atoms. The summed E-state index contributed by atoms with van der Waals surface area (Å²) in [6.45, 7) is 4.70. The number of fused-ring (bicyclic) bond motifs is 6. The number of hydrogen-bond donors (Lipinski definition) is 0. The number of anilines is 3. The third kappa shape index (κ3) is 4.87. The average Bonchev–Trinajstić information content (AvgIpc) is 3.72. The van der Waals surface area contributed by atoms with Crippen LogP contribution in [0.15, 0.2) is 192 Å². The highest BCUT2D eigenvalue weighted by Gasteiger charge is 2.38. The van der Waals surface area contributed by atoms with Gasteiger partial charge in [-0.25, -0.2) is 0 Å². The molecule has 0 radical (unpaired) electrons. The van der Waals surface area contributed by atoms with Crippen molar-refractivity contribution in [3.63, 3.8) is 0 Å². The van der Waals surface area contributed by atoms with Gasteiger partial charge in [-0.15, -0.1) is 0 Å². The predicted molar refractivity (Wildman–Crippen MR) is 222 cm³/mol. The Bertz CT molecular complexity index is 2810. The Morgan fingerprint density at radius 1 is 0.377 bits per heavy atom. The van der Waals surface area contributed by atoms with Gasteiger partial charge in [-0.3, -0.25) is 0 Å². The molecule has 2 nitrogen and oxygen atoms in total. The number of benzene rings is 8. The van der Waals surface area contributed by atoms with E-state index < -0.39 is 0 Å². The molecule has 8 aromatic carbocycles. The van der Waals surface area contributed by atoms with E-state index in [-0.39, 0.29) is 5.41 Å². The molecule has 0 unspecified atom stereocenters. The van der Waals surface area contributed by atoms with Gasteiger partial charge in [0.25, 0.3) is 0 Å². The van der Waals surface area contributed by atoms with Gasteiger partial charge in [-0.05, 0) is 68.8 Å². The maximum Gasteiger partial charge on any atom is 0.159 e. The first-order valence-corrected chi connectivity index (χ1v) is 18.4. The lowest BCUT2D eigenvalue weighted by Gasteiger charge is -2.32. The van der Waals surface area contributed by atoms with Crippen LogP contribution < -0.4 is 4.90 Å². The Morgan fingerprint density at radius 2 is 0.887 bits per heavy atom. The minimum absolute atomic E-state index is 0.159. The molecule has 10 rings (SSSR count). The lowest BCUT2D eigenvalue weighted by Crippen LogP contribution is -2.16. The molecular formula is C51H37NO. The number of nitrogens with zero attached hydrogens (tertiary/aromatic N) is 1. The van der Waals surface area contributed by atoms with Crippen molar-refractivity contribution in [3.8, 4) is 44.5 Å². The highest BCUT2D eigenvalue weighted by molar-refractivity contribution is 6.12. The summed E-state index contributed by atoms with van der Waals surface area (Å²) in [5.74, 6) is 0. The van der Waals surface area contributed by atoms with Gasteiger partial charge < -0.3 is 9.32 Å². The minimum atomic E-state index is -0.159. The summed E-state index contributed by atoms with van der Waals surface area (Å²) in [4.78, 5) is 2.48. The van der Waals surface area contributed by atoms with Gasteiger partial charge in [0.05, 0.1) is 17.1 Å². The van der Waals surface area contributed by atoms with Crippen LogP contribution in [0.1, 0.15) is 25.0 Å². The maximum atomic E-state index is 6.85. The Hall–Kier alpha value is -6.64. The van der Waals surface area contributed by atoms with E-state index in [1.54, 1.807) is 0 Å². The first-order valence-electron chi connectivity index (χ1n) is 18.4. The van der Waals surface area contributed by atoms with Crippen LogP contribution in [-0.2, 0) is 5.41 Å². The van der Waals surface area contributed by atoms with Crippen LogP contribution in [0, 0.1) is 0 Å². The van der Waals surface area contributed by atoms with Crippen LogP contribution >= 0.6 is 0 Å². The van der Waals surface area contributed by atoms with Crippen molar-refractivity contribution in [2.24, 2.45) is 0 Å². The van der Waals surface area contributed by atoms with E-state index in [0.717, 1.165) is 44.6 Å². The molecule has 53 heavy (non-hydrogen) atoms. The molecule has 0 amide bonds. The number of furan rings is 1. The fourth-order valence-electron chi connectivity index (χ4n) is 8.66. The van der Waals surface area contributed by atoms with Gasteiger partial charge in [0.1, 0.15) is 5.58 Å². The molecule has 9 aromatic rings. The van der Waals surface area contributed by atoms with E-state index in [1.807, 2.05) is 6.07 Å². The van der Waals surface area contributed by atoms with Gasteiger partial charge in [0.2, 0.25) is 0 Å². The largest absolute Gasteiger partial charge is 0.454 e. The second-order valence-electron chi connectivity index (χ2n) is 14.4. The van der Waals surface area contributed by atoms with Crippen LogP contribution in [0.25, 0.3) is 66.4 Å². The summed E-state index contributed by atoms with van der Waals surface area (Å²) in [6, 6.07) is 67.8. The molecule has 0 saturated carbocycles. The molecular weight excluding hydrogens is 643 g/mol. The summed E-state index contributed by atoms with van der Waals surface area (Å²) in [7, 11) is 0. The summed E-state index contributed by atoms with van der Waals surface area (Å²) < 4.78 is 6.85. The van der Waals surface area contributed by atoms with Crippen LogP contribution in [0.4, 0.5) is 17.1 Å².